The molecule has 7 nitrogen and oxygen atoms in total. The molecule has 1 aliphatic heterocycles. The Hall–Kier alpha value is -1.73. The molecule has 0 saturated carbocycles. The number of aliphatic hydroxyl groups is 1. The van der Waals surface area contributed by atoms with Gasteiger partial charge in [-0.25, -0.2) is 4.98 Å². The van der Waals surface area contributed by atoms with Crippen molar-refractivity contribution in [3.63, 3.8) is 0 Å². The Bertz CT molecular complexity index is 481. The van der Waals surface area contributed by atoms with Gasteiger partial charge in [-0.3, -0.25) is 10.1 Å². The monoisotopic (exact) mass is 281 g/mol. The quantitative estimate of drug-likeness (QED) is 0.646. The Balaban J connectivity index is 2.16. The number of nitro groups is 1. The molecule has 110 valence electrons. The molecule has 1 saturated heterocycles. The largest absolute Gasteiger partial charge is 0.394 e. The maximum atomic E-state index is 11.1. The first kappa shape index (κ1) is 14.7. The number of rotatable bonds is 5. The number of ether oxygens (including phenoxy) is 1. The van der Waals surface area contributed by atoms with Gasteiger partial charge in [0.25, 0.3) is 0 Å². The Morgan fingerprint density at radius 1 is 1.65 bits per heavy atom. The van der Waals surface area contributed by atoms with Crippen LogP contribution in [0, 0.1) is 17.0 Å². The number of anilines is 1. The van der Waals surface area contributed by atoms with Crippen LogP contribution in [0.4, 0.5) is 11.5 Å². The van der Waals surface area contributed by atoms with Crippen LogP contribution in [-0.2, 0) is 4.74 Å². The third kappa shape index (κ3) is 3.43. The number of nitrogens with zero attached hydrogens (tertiary/aromatic N) is 3. The van der Waals surface area contributed by atoms with Gasteiger partial charge in [-0.1, -0.05) is 0 Å². The van der Waals surface area contributed by atoms with E-state index in [1.807, 2.05) is 4.90 Å². The van der Waals surface area contributed by atoms with Crippen molar-refractivity contribution in [2.24, 2.45) is 0 Å². The lowest BCUT2D eigenvalue weighted by Crippen LogP contribution is -2.40. The van der Waals surface area contributed by atoms with E-state index in [0.717, 1.165) is 24.9 Å². The molecule has 1 fully saturated rings. The summed E-state index contributed by atoms with van der Waals surface area (Å²) in [5.74, 6) is 0.401. The van der Waals surface area contributed by atoms with Crippen LogP contribution in [-0.4, -0.2) is 47.4 Å². The zero-order valence-corrected chi connectivity index (χ0v) is 11.5. The number of aryl methyl sites for hydroxylation is 1. The zero-order valence-electron chi connectivity index (χ0n) is 11.5. The summed E-state index contributed by atoms with van der Waals surface area (Å²) < 4.78 is 5.52. The first-order valence-corrected chi connectivity index (χ1v) is 6.70. The molecule has 0 spiro atoms. The van der Waals surface area contributed by atoms with Crippen LogP contribution < -0.4 is 4.90 Å². The van der Waals surface area contributed by atoms with E-state index in [1.165, 1.54) is 0 Å². The van der Waals surface area contributed by atoms with Crippen molar-refractivity contribution < 1.29 is 14.8 Å². The van der Waals surface area contributed by atoms with Crippen molar-refractivity contribution in [3.8, 4) is 0 Å². The first-order chi connectivity index (χ1) is 9.61. The van der Waals surface area contributed by atoms with E-state index in [-0.39, 0.29) is 18.4 Å². The molecule has 20 heavy (non-hydrogen) atoms. The first-order valence-electron chi connectivity index (χ1n) is 6.70. The summed E-state index contributed by atoms with van der Waals surface area (Å²) in [5.41, 5.74) is 0.804. The Kier molecular flexibility index (Phi) is 4.86. The van der Waals surface area contributed by atoms with Crippen LogP contribution >= 0.6 is 0 Å². The maximum Gasteiger partial charge on any atom is 0.311 e. The molecule has 0 amide bonds. The maximum absolute atomic E-state index is 11.1. The lowest BCUT2D eigenvalue weighted by molar-refractivity contribution is -0.384. The minimum atomic E-state index is -0.395. The topological polar surface area (TPSA) is 88.7 Å². The van der Waals surface area contributed by atoms with Crippen molar-refractivity contribution in [1.82, 2.24) is 4.98 Å². The second-order valence-electron chi connectivity index (χ2n) is 4.92. The Morgan fingerprint density at radius 3 is 3.15 bits per heavy atom. The second kappa shape index (κ2) is 6.62. The predicted octanol–water partition coefficient (Wildman–Crippen LogP) is 1.28. The van der Waals surface area contributed by atoms with Crippen molar-refractivity contribution in [1.29, 1.82) is 0 Å². The molecule has 1 aliphatic rings. The summed E-state index contributed by atoms with van der Waals surface area (Å²) in [6, 6.07) is 1.54. The number of hydrogen-bond acceptors (Lipinski definition) is 6. The summed E-state index contributed by atoms with van der Waals surface area (Å²) in [5, 5.41) is 19.9. The number of hydrogen-bond donors (Lipinski definition) is 1. The smallest absolute Gasteiger partial charge is 0.311 e. The lowest BCUT2D eigenvalue weighted by Gasteiger charge is -2.33. The molecule has 1 aromatic rings. The van der Waals surface area contributed by atoms with Gasteiger partial charge in [0.15, 0.2) is 0 Å². The van der Waals surface area contributed by atoms with Gasteiger partial charge in [0.05, 0.1) is 24.2 Å². The fourth-order valence-corrected chi connectivity index (χ4v) is 2.41. The average Bonchev–Trinajstić information content (AvgIpc) is 2.45. The standard InChI is InChI=1S/C13H19N3O4/c1-10-7-12(16(18)19)13(14-8-10)15-4-2-3-11(9-15)20-6-5-17/h7-8,11,17H,2-6,9H2,1H3/t11-/m1/s1. The number of pyridine rings is 1. The molecule has 0 aliphatic carbocycles. The van der Waals surface area contributed by atoms with Gasteiger partial charge in [0.2, 0.25) is 5.82 Å². The van der Waals surface area contributed by atoms with Crippen LogP contribution in [0.15, 0.2) is 12.3 Å². The number of aliphatic hydroxyl groups excluding tert-OH is 1. The molecule has 1 N–H and O–H groups in total. The highest BCUT2D eigenvalue weighted by Gasteiger charge is 2.27. The fourth-order valence-electron chi connectivity index (χ4n) is 2.41. The molecule has 2 heterocycles. The summed E-state index contributed by atoms with van der Waals surface area (Å²) in [7, 11) is 0. The highest BCUT2D eigenvalue weighted by molar-refractivity contribution is 5.58. The van der Waals surface area contributed by atoms with E-state index in [4.69, 9.17) is 9.84 Å². The van der Waals surface area contributed by atoms with Gasteiger partial charge < -0.3 is 14.7 Å². The van der Waals surface area contributed by atoms with Crippen LogP contribution in [0.2, 0.25) is 0 Å². The molecule has 7 heteroatoms. The lowest BCUT2D eigenvalue weighted by atomic mass is 10.1. The number of piperidine rings is 1. The SMILES string of the molecule is Cc1cnc(N2CCC[C@@H](OCCO)C2)c([N+](=O)[O-])c1. The minimum Gasteiger partial charge on any atom is -0.394 e. The molecule has 1 aromatic heterocycles. The van der Waals surface area contributed by atoms with E-state index in [1.54, 1.807) is 19.2 Å². The molecular formula is C13H19N3O4. The Morgan fingerprint density at radius 2 is 2.45 bits per heavy atom. The molecule has 0 aromatic carbocycles. The van der Waals surface area contributed by atoms with Crippen molar-refractivity contribution in [2.45, 2.75) is 25.9 Å². The van der Waals surface area contributed by atoms with E-state index in [0.29, 0.717) is 19.0 Å². The van der Waals surface area contributed by atoms with Crippen molar-refractivity contribution in [3.05, 3.63) is 27.9 Å². The van der Waals surface area contributed by atoms with Gasteiger partial charge in [0, 0.05) is 25.4 Å². The molecule has 0 radical (unpaired) electrons. The van der Waals surface area contributed by atoms with Gasteiger partial charge in [-0.2, -0.15) is 0 Å². The highest BCUT2D eigenvalue weighted by atomic mass is 16.6. The highest BCUT2D eigenvalue weighted by Crippen LogP contribution is 2.29. The van der Waals surface area contributed by atoms with Crippen molar-refractivity contribution >= 4 is 11.5 Å². The van der Waals surface area contributed by atoms with Gasteiger partial charge in [-0.15, -0.1) is 0 Å². The number of aromatic nitrogens is 1. The van der Waals surface area contributed by atoms with Gasteiger partial charge in [0.1, 0.15) is 0 Å². The van der Waals surface area contributed by atoms with Crippen molar-refractivity contribution in [2.75, 3.05) is 31.2 Å². The van der Waals surface area contributed by atoms with Crippen LogP contribution in [0.5, 0.6) is 0 Å². The van der Waals surface area contributed by atoms with Crippen LogP contribution in [0.25, 0.3) is 0 Å². The molecule has 2 rings (SSSR count). The Labute approximate surface area is 117 Å². The molecule has 1 atom stereocenters. The summed E-state index contributed by atoms with van der Waals surface area (Å²) >= 11 is 0. The minimum absolute atomic E-state index is 0.0145. The predicted molar refractivity (Wildman–Crippen MR) is 73.9 cm³/mol. The van der Waals surface area contributed by atoms with E-state index in [2.05, 4.69) is 4.98 Å². The normalized spacial score (nSPS) is 19.1. The zero-order chi connectivity index (χ0) is 14.5. The van der Waals surface area contributed by atoms with Gasteiger partial charge in [-0.05, 0) is 25.3 Å². The fraction of sp³-hybridized carbons (Fsp3) is 0.615. The third-order valence-corrected chi connectivity index (χ3v) is 3.30. The molecular weight excluding hydrogens is 262 g/mol. The van der Waals surface area contributed by atoms with Crippen LogP contribution in [0.3, 0.4) is 0 Å². The third-order valence-electron chi connectivity index (χ3n) is 3.30. The van der Waals surface area contributed by atoms with Crippen LogP contribution in [0.1, 0.15) is 18.4 Å². The average molecular weight is 281 g/mol. The summed E-state index contributed by atoms with van der Waals surface area (Å²) in [6.07, 6.45) is 3.41. The van der Waals surface area contributed by atoms with E-state index >= 15 is 0 Å². The van der Waals surface area contributed by atoms with E-state index in [9.17, 15) is 10.1 Å². The van der Waals surface area contributed by atoms with E-state index < -0.39 is 4.92 Å². The second-order valence-corrected chi connectivity index (χ2v) is 4.92. The van der Waals surface area contributed by atoms with Gasteiger partial charge >= 0.3 is 5.69 Å². The summed E-state index contributed by atoms with van der Waals surface area (Å²) in [4.78, 5) is 16.9. The summed E-state index contributed by atoms with van der Waals surface area (Å²) in [6.45, 7) is 3.36. The molecule has 0 bridgehead atoms. The molecule has 0 unspecified atom stereocenters.